The summed E-state index contributed by atoms with van der Waals surface area (Å²) in [6.07, 6.45) is 1.53. The third-order valence-corrected chi connectivity index (χ3v) is 4.91. The maximum Gasteiger partial charge on any atom is 0.270 e. The van der Waals surface area contributed by atoms with Crippen LogP contribution in [0.25, 0.3) is 10.9 Å². The van der Waals surface area contributed by atoms with E-state index in [-0.39, 0.29) is 24.9 Å². The van der Waals surface area contributed by atoms with E-state index in [0.29, 0.717) is 27.9 Å². The number of hydrogen-bond acceptors (Lipinski definition) is 4. The molecule has 0 unspecified atom stereocenters. The molecular formula is C20H20FN3O3. The summed E-state index contributed by atoms with van der Waals surface area (Å²) in [5.74, 6) is -0.0762. The minimum Gasteiger partial charge on any atom is -0.489 e. The summed E-state index contributed by atoms with van der Waals surface area (Å²) < 4.78 is 21.0. The summed E-state index contributed by atoms with van der Waals surface area (Å²) in [6, 6.07) is 11.7. The minimum atomic E-state index is -0.507. The lowest BCUT2D eigenvalue weighted by Gasteiger charge is -2.14. The van der Waals surface area contributed by atoms with Crippen molar-refractivity contribution in [1.82, 2.24) is 15.1 Å². The van der Waals surface area contributed by atoms with E-state index >= 15 is 0 Å². The second kappa shape index (κ2) is 6.66. The van der Waals surface area contributed by atoms with Gasteiger partial charge in [0.25, 0.3) is 5.91 Å². The summed E-state index contributed by atoms with van der Waals surface area (Å²) in [5.41, 5.74) is 1.02. The molecule has 1 aliphatic rings. The topological polar surface area (TPSA) is 76.4 Å². The van der Waals surface area contributed by atoms with Crippen LogP contribution in [0.3, 0.4) is 0 Å². The lowest BCUT2D eigenvalue weighted by atomic mass is 10.1. The van der Waals surface area contributed by atoms with Crippen molar-refractivity contribution >= 4 is 16.8 Å². The predicted octanol–water partition coefficient (Wildman–Crippen LogP) is 2.55. The first-order chi connectivity index (χ1) is 13.0. The molecule has 2 N–H and O–H groups in total. The number of carbonyl (C=O) groups is 1. The third kappa shape index (κ3) is 3.38. The second-order valence-electron chi connectivity index (χ2n) is 6.92. The molecule has 2 aromatic carbocycles. The molecule has 1 aromatic heterocycles. The number of hydrogen-bond donors (Lipinski definition) is 2. The number of halogens is 1. The first-order valence-electron chi connectivity index (χ1n) is 8.78. The van der Waals surface area contributed by atoms with Crippen LogP contribution in [0.1, 0.15) is 28.9 Å². The molecule has 6 nitrogen and oxygen atoms in total. The zero-order chi connectivity index (χ0) is 19.0. The van der Waals surface area contributed by atoms with Crippen molar-refractivity contribution in [2.75, 3.05) is 6.61 Å². The Labute approximate surface area is 155 Å². The van der Waals surface area contributed by atoms with Gasteiger partial charge in [-0.15, -0.1) is 0 Å². The molecule has 1 saturated carbocycles. The zero-order valence-corrected chi connectivity index (χ0v) is 14.9. The molecule has 0 radical (unpaired) electrons. The number of rotatable bonds is 6. The van der Waals surface area contributed by atoms with Crippen molar-refractivity contribution in [3.05, 3.63) is 59.5 Å². The van der Waals surface area contributed by atoms with Crippen LogP contribution < -0.4 is 10.1 Å². The van der Waals surface area contributed by atoms with Gasteiger partial charge in [0.1, 0.15) is 23.9 Å². The number of aryl methyl sites for hydroxylation is 1. The molecule has 1 heterocycles. The molecule has 3 aromatic rings. The molecule has 7 heteroatoms. The van der Waals surface area contributed by atoms with Crippen LogP contribution in [-0.4, -0.2) is 32.9 Å². The second-order valence-corrected chi connectivity index (χ2v) is 6.92. The van der Waals surface area contributed by atoms with Gasteiger partial charge >= 0.3 is 0 Å². The average molecular weight is 369 g/mol. The van der Waals surface area contributed by atoms with Gasteiger partial charge in [-0.3, -0.25) is 9.48 Å². The van der Waals surface area contributed by atoms with Crippen LogP contribution in [-0.2, 0) is 13.7 Å². The summed E-state index contributed by atoms with van der Waals surface area (Å²) in [5, 5.41) is 17.3. The van der Waals surface area contributed by atoms with E-state index in [2.05, 4.69) is 10.4 Å². The normalized spacial score (nSPS) is 14.9. The summed E-state index contributed by atoms with van der Waals surface area (Å²) in [7, 11) is 1.70. The van der Waals surface area contributed by atoms with Crippen molar-refractivity contribution in [2.24, 2.45) is 7.05 Å². The number of aliphatic hydroxyl groups excluding tert-OH is 1. The van der Waals surface area contributed by atoms with Crippen molar-refractivity contribution < 1.29 is 19.0 Å². The molecule has 1 amide bonds. The number of amides is 1. The Morgan fingerprint density at radius 3 is 2.81 bits per heavy atom. The Hall–Kier alpha value is -2.93. The van der Waals surface area contributed by atoms with Crippen molar-refractivity contribution in [1.29, 1.82) is 0 Å². The highest BCUT2D eigenvalue weighted by molar-refractivity contribution is 6.05. The van der Waals surface area contributed by atoms with Gasteiger partial charge in [-0.05, 0) is 37.1 Å². The number of carbonyl (C=O) groups excluding carboxylic acids is 1. The van der Waals surface area contributed by atoms with Gasteiger partial charge in [0.2, 0.25) is 0 Å². The van der Waals surface area contributed by atoms with Crippen molar-refractivity contribution in [3.8, 4) is 5.75 Å². The molecule has 140 valence electrons. The maximum atomic E-state index is 13.7. The largest absolute Gasteiger partial charge is 0.489 e. The molecule has 0 aliphatic heterocycles. The first kappa shape index (κ1) is 17.5. The standard InChI is InChI=1S/C20H20FN3O3/c1-24-18(19(26)22-20(12-25)8-9-20)15-10-14(6-7-17(15)23-24)27-11-13-4-2-3-5-16(13)21/h2-7,10,25H,8-9,11-12H2,1H3,(H,22,26). The van der Waals surface area contributed by atoms with E-state index < -0.39 is 5.54 Å². The van der Waals surface area contributed by atoms with Gasteiger partial charge in [-0.2, -0.15) is 5.10 Å². The number of aliphatic hydroxyl groups is 1. The average Bonchev–Trinajstić information content (AvgIpc) is 3.34. The summed E-state index contributed by atoms with van der Waals surface area (Å²) >= 11 is 0. The lowest BCUT2D eigenvalue weighted by molar-refractivity contribution is 0.0899. The van der Waals surface area contributed by atoms with Crippen LogP contribution in [0, 0.1) is 5.82 Å². The molecule has 0 atom stereocenters. The molecule has 0 saturated heterocycles. The van der Waals surface area contributed by atoms with Crippen LogP contribution >= 0.6 is 0 Å². The molecule has 4 rings (SSSR count). The number of nitrogens with zero attached hydrogens (tertiary/aromatic N) is 2. The quantitative estimate of drug-likeness (QED) is 0.700. The molecule has 1 fully saturated rings. The van der Waals surface area contributed by atoms with E-state index in [9.17, 15) is 14.3 Å². The number of nitrogens with one attached hydrogen (secondary N) is 1. The van der Waals surface area contributed by atoms with Crippen LogP contribution in [0.15, 0.2) is 42.5 Å². The molecule has 27 heavy (non-hydrogen) atoms. The third-order valence-electron chi connectivity index (χ3n) is 4.91. The van der Waals surface area contributed by atoms with Gasteiger partial charge in [0.15, 0.2) is 0 Å². The van der Waals surface area contributed by atoms with Crippen molar-refractivity contribution in [3.63, 3.8) is 0 Å². The van der Waals surface area contributed by atoms with Crippen LogP contribution in [0.2, 0.25) is 0 Å². The smallest absolute Gasteiger partial charge is 0.270 e. The predicted molar refractivity (Wildman–Crippen MR) is 98.0 cm³/mol. The Morgan fingerprint density at radius 1 is 1.33 bits per heavy atom. The minimum absolute atomic E-state index is 0.0779. The van der Waals surface area contributed by atoms with Crippen molar-refractivity contribution in [2.45, 2.75) is 25.0 Å². The molecule has 1 aliphatic carbocycles. The molecular weight excluding hydrogens is 349 g/mol. The lowest BCUT2D eigenvalue weighted by Crippen LogP contribution is -2.40. The monoisotopic (exact) mass is 369 g/mol. The first-order valence-corrected chi connectivity index (χ1v) is 8.78. The van der Waals surface area contributed by atoms with Crippen LogP contribution in [0.5, 0.6) is 5.75 Å². The fourth-order valence-electron chi connectivity index (χ4n) is 3.09. The van der Waals surface area contributed by atoms with E-state index in [1.807, 2.05) is 0 Å². The maximum absolute atomic E-state index is 13.7. The highest BCUT2D eigenvalue weighted by Crippen LogP contribution is 2.35. The molecule has 0 bridgehead atoms. The van der Waals surface area contributed by atoms with Gasteiger partial charge in [0.05, 0.1) is 17.7 Å². The fraction of sp³-hybridized carbons (Fsp3) is 0.300. The van der Waals surface area contributed by atoms with E-state index in [4.69, 9.17) is 4.74 Å². The molecule has 0 spiro atoms. The fourth-order valence-corrected chi connectivity index (χ4v) is 3.09. The van der Waals surface area contributed by atoms with Gasteiger partial charge in [-0.25, -0.2) is 4.39 Å². The number of ether oxygens (including phenoxy) is 1. The zero-order valence-electron chi connectivity index (χ0n) is 14.9. The summed E-state index contributed by atoms with van der Waals surface area (Å²) in [6.45, 7) is 0.0130. The van der Waals surface area contributed by atoms with Gasteiger partial charge in [-0.1, -0.05) is 18.2 Å². The van der Waals surface area contributed by atoms with E-state index in [0.717, 1.165) is 12.8 Å². The SMILES string of the molecule is Cn1nc2ccc(OCc3ccccc3F)cc2c1C(=O)NC1(CO)CC1. The number of fused-ring (bicyclic) bond motifs is 1. The van der Waals surface area contributed by atoms with E-state index in [1.54, 1.807) is 43.4 Å². The highest BCUT2D eigenvalue weighted by atomic mass is 19.1. The highest BCUT2D eigenvalue weighted by Gasteiger charge is 2.44. The Kier molecular flexibility index (Phi) is 4.31. The Bertz CT molecular complexity index is 1010. The Balaban J connectivity index is 1.59. The van der Waals surface area contributed by atoms with Crippen LogP contribution in [0.4, 0.5) is 4.39 Å². The van der Waals surface area contributed by atoms with Gasteiger partial charge in [0, 0.05) is 18.0 Å². The van der Waals surface area contributed by atoms with Gasteiger partial charge < -0.3 is 15.2 Å². The number of benzene rings is 2. The Morgan fingerprint density at radius 2 is 2.11 bits per heavy atom. The number of aromatic nitrogens is 2. The summed E-state index contributed by atoms with van der Waals surface area (Å²) in [4.78, 5) is 12.7. The van der Waals surface area contributed by atoms with E-state index in [1.165, 1.54) is 10.7 Å².